The maximum Gasteiger partial charge on any atom is 0.212 e. The van der Waals surface area contributed by atoms with E-state index in [0.29, 0.717) is 6.54 Å². The molecule has 18 heavy (non-hydrogen) atoms. The molecule has 5 heteroatoms. The number of nitrogens with two attached hydrogens (primary N) is 1. The minimum absolute atomic E-state index is 0.706. The molecule has 4 nitrogen and oxygen atoms in total. The number of aromatic nitrogens is 3. The first-order chi connectivity index (χ1) is 8.86. The third kappa shape index (κ3) is 2.14. The standard InChI is InChI=1S/C13H14N4S/c14-8-4-7-12-16-17-9-11(15-13(17)18-12)10-5-2-1-3-6-10/h1-3,5-6,9H,4,7-8,14H2. The Kier molecular flexibility index (Phi) is 3.08. The zero-order valence-corrected chi connectivity index (χ0v) is 10.7. The van der Waals surface area contributed by atoms with E-state index in [1.165, 1.54) is 0 Å². The summed E-state index contributed by atoms with van der Waals surface area (Å²) < 4.78 is 1.86. The molecule has 0 radical (unpaired) electrons. The molecule has 0 unspecified atom stereocenters. The smallest absolute Gasteiger partial charge is 0.212 e. The molecule has 0 bridgehead atoms. The van der Waals surface area contributed by atoms with Crippen molar-refractivity contribution in [1.82, 2.24) is 14.6 Å². The van der Waals surface area contributed by atoms with Gasteiger partial charge in [0.2, 0.25) is 4.96 Å². The number of imidazole rings is 1. The SMILES string of the molecule is NCCCc1nn2cc(-c3ccccc3)nc2s1. The molecule has 0 atom stereocenters. The first kappa shape index (κ1) is 11.4. The van der Waals surface area contributed by atoms with E-state index in [1.54, 1.807) is 11.3 Å². The van der Waals surface area contributed by atoms with Gasteiger partial charge < -0.3 is 5.73 Å². The predicted molar refractivity (Wildman–Crippen MR) is 73.7 cm³/mol. The van der Waals surface area contributed by atoms with Crippen LogP contribution < -0.4 is 5.73 Å². The molecule has 1 aromatic carbocycles. The van der Waals surface area contributed by atoms with Crippen LogP contribution in [0.1, 0.15) is 11.4 Å². The van der Waals surface area contributed by atoms with Crippen LogP contribution in [0.4, 0.5) is 0 Å². The van der Waals surface area contributed by atoms with Crippen LogP contribution in [-0.4, -0.2) is 21.1 Å². The Hall–Kier alpha value is -1.72. The highest BCUT2D eigenvalue weighted by atomic mass is 32.1. The second-order valence-corrected chi connectivity index (χ2v) is 5.15. The number of aryl methyl sites for hydroxylation is 1. The molecule has 0 spiro atoms. The molecular formula is C13H14N4S. The van der Waals surface area contributed by atoms with E-state index in [2.05, 4.69) is 22.2 Å². The van der Waals surface area contributed by atoms with E-state index < -0.39 is 0 Å². The zero-order valence-electron chi connectivity index (χ0n) is 9.91. The van der Waals surface area contributed by atoms with Gasteiger partial charge in [0.05, 0.1) is 11.9 Å². The number of hydrogen-bond donors (Lipinski definition) is 1. The fraction of sp³-hybridized carbons (Fsp3) is 0.231. The normalized spacial score (nSPS) is 11.2. The highest BCUT2D eigenvalue weighted by molar-refractivity contribution is 7.16. The van der Waals surface area contributed by atoms with E-state index in [0.717, 1.165) is 34.1 Å². The Labute approximate surface area is 109 Å². The van der Waals surface area contributed by atoms with E-state index in [1.807, 2.05) is 28.9 Å². The molecule has 0 amide bonds. The molecule has 3 aromatic rings. The monoisotopic (exact) mass is 258 g/mol. The molecule has 0 aliphatic carbocycles. The van der Waals surface area contributed by atoms with Crippen molar-refractivity contribution in [1.29, 1.82) is 0 Å². The first-order valence-corrected chi connectivity index (χ1v) is 6.79. The lowest BCUT2D eigenvalue weighted by atomic mass is 10.2. The quantitative estimate of drug-likeness (QED) is 0.781. The Morgan fingerprint density at radius 2 is 2.06 bits per heavy atom. The van der Waals surface area contributed by atoms with Crippen LogP contribution in [0, 0.1) is 0 Å². The van der Waals surface area contributed by atoms with Gasteiger partial charge in [-0.05, 0) is 13.0 Å². The molecule has 3 rings (SSSR count). The van der Waals surface area contributed by atoms with Crippen LogP contribution >= 0.6 is 11.3 Å². The van der Waals surface area contributed by atoms with Crippen molar-refractivity contribution >= 4 is 16.3 Å². The molecule has 0 fully saturated rings. The lowest BCUT2D eigenvalue weighted by Gasteiger charge is -1.93. The van der Waals surface area contributed by atoms with Gasteiger partial charge in [-0.1, -0.05) is 41.7 Å². The highest BCUT2D eigenvalue weighted by Crippen LogP contribution is 2.22. The molecule has 2 heterocycles. The summed E-state index contributed by atoms with van der Waals surface area (Å²) in [4.78, 5) is 5.54. The van der Waals surface area contributed by atoms with Crippen LogP contribution in [0.2, 0.25) is 0 Å². The maximum atomic E-state index is 5.50. The second-order valence-electron chi connectivity index (χ2n) is 4.11. The summed E-state index contributed by atoms with van der Waals surface area (Å²) >= 11 is 1.64. The first-order valence-electron chi connectivity index (χ1n) is 5.97. The van der Waals surface area contributed by atoms with Gasteiger partial charge in [-0.25, -0.2) is 9.50 Å². The topological polar surface area (TPSA) is 56.2 Å². The average Bonchev–Trinajstić information content (AvgIpc) is 2.95. The van der Waals surface area contributed by atoms with Crippen LogP contribution in [0.3, 0.4) is 0 Å². The summed E-state index contributed by atoms with van der Waals surface area (Å²) in [7, 11) is 0. The van der Waals surface area contributed by atoms with Crippen molar-refractivity contribution in [3.8, 4) is 11.3 Å². The summed E-state index contributed by atoms with van der Waals surface area (Å²) in [6, 6.07) is 10.2. The molecule has 2 N–H and O–H groups in total. The maximum absolute atomic E-state index is 5.50. The van der Waals surface area contributed by atoms with Crippen molar-refractivity contribution in [2.24, 2.45) is 5.73 Å². The Morgan fingerprint density at radius 3 is 2.78 bits per heavy atom. The van der Waals surface area contributed by atoms with E-state index in [9.17, 15) is 0 Å². The van der Waals surface area contributed by atoms with Crippen molar-refractivity contribution < 1.29 is 0 Å². The average molecular weight is 258 g/mol. The number of nitrogens with zero attached hydrogens (tertiary/aromatic N) is 3. The van der Waals surface area contributed by atoms with E-state index in [-0.39, 0.29) is 0 Å². The molecule has 0 aliphatic rings. The summed E-state index contributed by atoms with van der Waals surface area (Å²) in [6.07, 6.45) is 3.89. The molecule has 0 aliphatic heterocycles. The third-order valence-corrected chi connectivity index (χ3v) is 3.73. The number of benzene rings is 1. The van der Waals surface area contributed by atoms with Crippen LogP contribution in [0.25, 0.3) is 16.2 Å². The van der Waals surface area contributed by atoms with Gasteiger partial charge in [0, 0.05) is 12.0 Å². The summed E-state index contributed by atoms with van der Waals surface area (Å²) in [5.74, 6) is 0. The Morgan fingerprint density at radius 1 is 1.22 bits per heavy atom. The van der Waals surface area contributed by atoms with Gasteiger partial charge in [-0.15, -0.1) is 0 Å². The van der Waals surface area contributed by atoms with Crippen molar-refractivity contribution in [2.75, 3.05) is 6.54 Å². The van der Waals surface area contributed by atoms with Crippen molar-refractivity contribution in [2.45, 2.75) is 12.8 Å². The summed E-state index contributed by atoms with van der Waals surface area (Å²) in [5, 5.41) is 5.61. The lowest BCUT2D eigenvalue weighted by Crippen LogP contribution is -2.00. The van der Waals surface area contributed by atoms with Crippen LogP contribution in [0.15, 0.2) is 36.5 Å². The van der Waals surface area contributed by atoms with Gasteiger partial charge in [0.15, 0.2) is 0 Å². The minimum Gasteiger partial charge on any atom is -0.330 e. The molecular weight excluding hydrogens is 244 g/mol. The summed E-state index contributed by atoms with van der Waals surface area (Å²) in [5.41, 5.74) is 7.60. The number of hydrogen-bond acceptors (Lipinski definition) is 4. The van der Waals surface area contributed by atoms with Gasteiger partial charge >= 0.3 is 0 Å². The number of rotatable bonds is 4. The van der Waals surface area contributed by atoms with E-state index >= 15 is 0 Å². The van der Waals surface area contributed by atoms with E-state index in [4.69, 9.17) is 5.73 Å². The fourth-order valence-corrected chi connectivity index (χ4v) is 2.76. The third-order valence-electron chi connectivity index (χ3n) is 2.75. The van der Waals surface area contributed by atoms with Crippen molar-refractivity contribution in [3.63, 3.8) is 0 Å². The Balaban J connectivity index is 1.91. The fourth-order valence-electron chi connectivity index (χ4n) is 1.84. The molecule has 0 saturated heterocycles. The van der Waals surface area contributed by atoms with Crippen LogP contribution in [-0.2, 0) is 6.42 Å². The van der Waals surface area contributed by atoms with Crippen molar-refractivity contribution in [3.05, 3.63) is 41.5 Å². The molecule has 92 valence electrons. The van der Waals surface area contributed by atoms with Crippen LogP contribution in [0.5, 0.6) is 0 Å². The largest absolute Gasteiger partial charge is 0.330 e. The Bertz CT molecular complexity index is 610. The predicted octanol–water partition coefficient (Wildman–Crippen LogP) is 2.35. The van der Waals surface area contributed by atoms with Gasteiger partial charge in [0.25, 0.3) is 0 Å². The van der Waals surface area contributed by atoms with Gasteiger partial charge in [-0.3, -0.25) is 0 Å². The van der Waals surface area contributed by atoms with Gasteiger partial charge in [0.1, 0.15) is 5.01 Å². The highest BCUT2D eigenvalue weighted by Gasteiger charge is 2.08. The van der Waals surface area contributed by atoms with Gasteiger partial charge in [-0.2, -0.15) is 5.10 Å². The molecule has 2 aromatic heterocycles. The summed E-state index contributed by atoms with van der Waals surface area (Å²) in [6.45, 7) is 0.706. The number of fused-ring (bicyclic) bond motifs is 1. The molecule has 0 saturated carbocycles. The second kappa shape index (κ2) is 4.88. The lowest BCUT2D eigenvalue weighted by molar-refractivity contribution is 0.799. The minimum atomic E-state index is 0.706. The zero-order chi connectivity index (χ0) is 12.4.